The highest BCUT2D eigenvalue weighted by Crippen LogP contribution is 2.14. The lowest BCUT2D eigenvalue weighted by Gasteiger charge is -2.34. The van der Waals surface area contributed by atoms with Gasteiger partial charge in [-0.2, -0.15) is 0 Å². The van der Waals surface area contributed by atoms with Gasteiger partial charge in [0.2, 0.25) is 0 Å². The van der Waals surface area contributed by atoms with Crippen molar-refractivity contribution >= 4 is 17.9 Å². The molecule has 54 heavy (non-hydrogen) atoms. The predicted molar refractivity (Wildman–Crippen MR) is 222 cm³/mol. The third-order valence-corrected chi connectivity index (χ3v) is 9.46. The van der Waals surface area contributed by atoms with E-state index < -0.39 is 18.1 Å². The number of hydrogen-bond donors (Lipinski definition) is 0. The lowest BCUT2D eigenvalue weighted by molar-refractivity contribution is -0.889. The molecule has 312 valence electrons. The SMILES string of the molecule is CC/C=C/C/C=C/C/C=C/CCCCCCCCCCCCCCCC(=O)OCC(COCCC(C(=O)[O-])[N+](C)(C)C)OC(=O)CC/C=C/CCCCC. The fraction of sp³-hybridized carbons (Fsp3) is 0.761. The van der Waals surface area contributed by atoms with Crippen molar-refractivity contribution in [1.29, 1.82) is 0 Å². The number of carbonyl (C=O) groups is 3. The van der Waals surface area contributed by atoms with Crippen LogP contribution in [0.2, 0.25) is 0 Å². The molecule has 0 spiro atoms. The topological polar surface area (TPSA) is 102 Å². The lowest BCUT2D eigenvalue weighted by Crippen LogP contribution is -2.55. The Balaban J connectivity index is 4.12. The van der Waals surface area contributed by atoms with E-state index in [0.717, 1.165) is 51.4 Å². The second-order valence-corrected chi connectivity index (χ2v) is 15.5. The number of unbranched alkanes of at least 4 members (excludes halogenated alkanes) is 16. The number of likely N-dealkylation sites (N-methyl/N-ethyl adjacent to an activating group) is 1. The first kappa shape index (κ1) is 51.3. The first-order valence-electron chi connectivity index (χ1n) is 21.7. The second-order valence-electron chi connectivity index (χ2n) is 15.5. The van der Waals surface area contributed by atoms with Gasteiger partial charge in [0.05, 0.1) is 40.3 Å². The summed E-state index contributed by atoms with van der Waals surface area (Å²) in [6.45, 7) is 4.44. The Morgan fingerprint density at radius 2 is 1.07 bits per heavy atom. The molecule has 0 aliphatic heterocycles. The Kier molecular flexibility index (Phi) is 35.4. The van der Waals surface area contributed by atoms with Gasteiger partial charge in [-0.25, -0.2) is 0 Å². The highest BCUT2D eigenvalue weighted by Gasteiger charge is 2.25. The fourth-order valence-electron chi connectivity index (χ4n) is 6.10. The average molecular weight is 760 g/mol. The summed E-state index contributed by atoms with van der Waals surface area (Å²) in [7, 11) is 5.38. The molecule has 0 saturated heterocycles. The molecule has 0 aliphatic carbocycles. The van der Waals surface area contributed by atoms with Crippen LogP contribution in [-0.4, -0.2) is 75.5 Å². The zero-order valence-corrected chi connectivity index (χ0v) is 35.4. The molecule has 0 bridgehead atoms. The van der Waals surface area contributed by atoms with E-state index in [4.69, 9.17) is 14.2 Å². The number of carboxylic acids is 1. The zero-order chi connectivity index (χ0) is 40.0. The van der Waals surface area contributed by atoms with E-state index in [9.17, 15) is 19.5 Å². The van der Waals surface area contributed by atoms with Crippen LogP contribution in [0.5, 0.6) is 0 Å². The third-order valence-electron chi connectivity index (χ3n) is 9.46. The van der Waals surface area contributed by atoms with E-state index in [1.54, 1.807) is 21.1 Å². The van der Waals surface area contributed by atoms with E-state index in [1.807, 2.05) is 6.08 Å². The number of nitrogens with zero attached hydrogens (tertiary/aromatic N) is 1. The number of carboxylic acid groups (broad SMARTS) is 1. The summed E-state index contributed by atoms with van der Waals surface area (Å²) >= 11 is 0. The first-order valence-corrected chi connectivity index (χ1v) is 21.7. The van der Waals surface area contributed by atoms with Crippen LogP contribution in [0, 0.1) is 0 Å². The lowest BCUT2D eigenvalue weighted by atomic mass is 10.0. The van der Waals surface area contributed by atoms with Crippen molar-refractivity contribution in [2.75, 3.05) is 41.0 Å². The van der Waals surface area contributed by atoms with Crippen molar-refractivity contribution in [3.63, 3.8) is 0 Å². The first-order chi connectivity index (χ1) is 26.1. The largest absolute Gasteiger partial charge is 0.544 e. The standard InChI is InChI=1S/C46H81NO7/c1-6-8-10-12-14-15-16-17-18-19-20-21-22-23-24-25-26-27-28-29-31-32-34-36-44(48)53-41-42(40-52-39-38-43(46(50)51)47(3,4)5)54-45(49)37-35-33-30-13-11-9-7-2/h8,10,14-15,17-18,30,33,42-43H,6-7,9,11-13,16,19-29,31-32,34-41H2,1-5H3/b10-8+,15-14+,18-17+,33-30+. The van der Waals surface area contributed by atoms with Gasteiger partial charge in [-0.1, -0.05) is 146 Å². The Morgan fingerprint density at radius 3 is 1.63 bits per heavy atom. The van der Waals surface area contributed by atoms with Crippen LogP contribution in [0.15, 0.2) is 48.6 Å². The Labute approximate surface area is 331 Å². The Morgan fingerprint density at radius 1 is 0.574 bits per heavy atom. The number of rotatable bonds is 38. The highest BCUT2D eigenvalue weighted by molar-refractivity contribution is 5.70. The van der Waals surface area contributed by atoms with Crippen molar-refractivity contribution in [2.45, 2.75) is 187 Å². The van der Waals surface area contributed by atoms with Crippen molar-refractivity contribution in [3.05, 3.63) is 48.6 Å². The Bertz CT molecular complexity index is 1030. The van der Waals surface area contributed by atoms with Crippen molar-refractivity contribution < 1.29 is 38.2 Å². The average Bonchev–Trinajstić information content (AvgIpc) is 3.12. The number of hydrogen-bond acceptors (Lipinski definition) is 7. The van der Waals surface area contributed by atoms with E-state index in [2.05, 4.69) is 56.4 Å². The minimum atomic E-state index is -1.13. The summed E-state index contributed by atoms with van der Waals surface area (Å²) in [6, 6.07) is -0.729. The summed E-state index contributed by atoms with van der Waals surface area (Å²) in [4.78, 5) is 36.6. The van der Waals surface area contributed by atoms with Gasteiger partial charge < -0.3 is 28.6 Å². The van der Waals surface area contributed by atoms with Gasteiger partial charge in [-0.05, 0) is 57.8 Å². The molecule has 0 amide bonds. The molecule has 2 atom stereocenters. The van der Waals surface area contributed by atoms with Gasteiger partial charge in [-0.3, -0.25) is 9.59 Å². The molecule has 0 radical (unpaired) electrons. The van der Waals surface area contributed by atoms with Gasteiger partial charge >= 0.3 is 11.9 Å². The molecule has 0 fully saturated rings. The number of esters is 2. The van der Waals surface area contributed by atoms with Crippen molar-refractivity contribution in [3.8, 4) is 0 Å². The van der Waals surface area contributed by atoms with E-state index in [1.165, 1.54) is 83.5 Å². The predicted octanol–water partition coefficient (Wildman–Crippen LogP) is 10.3. The van der Waals surface area contributed by atoms with Crippen LogP contribution in [0.3, 0.4) is 0 Å². The van der Waals surface area contributed by atoms with Gasteiger partial charge in [0.1, 0.15) is 12.6 Å². The van der Waals surface area contributed by atoms with Gasteiger partial charge in [0.15, 0.2) is 6.10 Å². The monoisotopic (exact) mass is 760 g/mol. The number of allylic oxidation sites excluding steroid dienone is 8. The van der Waals surface area contributed by atoms with E-state index in [0.29, 0.717) is 12.8 Å². The summed E-state index contributed by atoms with van der Waals surface area (Å²) in [5.41, 5.74) is 0. The van der Waals surface area contributed by atoms with E-state index in [-0.39, 0.29) is 49.1 Å². The molecular formula is C46H81NO7. The summed E-state index contributed by atoms with van der Waals surface area (Å²) in [5, 5.41) is 11.6. The van der Waals surface area contributed by atoms with Crippen molar-refractivity contribution in [1.82, 2.24) is 0 Å². The van der Waals surface area contributed by atoms with Gasteiger partial charge in [-0.15, -0.1) is 0 Å². The van der Waals surface area contributed by atoms with Gasteiger partial charge in [0, 0.05) is 19.3 Å². The number of ether oxygens (including phenoxy) is 3. The highest BCUT2D eigenvalue weighted by atomic mass is 16.6. The molecule has 0 N–H and O–H groups in total. The molecule has 0 rings (SSSR count). The van der Waals surface area contributed by atoms with Crippen LogP contribution >= 0.6 is 0 Å². The fourth-order valence-corrected chi connectivity index (χ4v) is 6.10. The normalized spacial score (nSPS) is 13.4. The second kappa shape index (κ2) is 37.2. The number of aliphatic carboxylic acids is 1. The van der Waals surface area contributed by atoms with Gasteiger partial charge in [0.25, 0.3) is 0 Å². The van der Waals surface area contributed by atoms with Crippen molar-refractivity contribution in [2.24, 2.45) is 0 Å². The molecule has 8 nitrogen and oxygen atoms in total. The minimum Gasteiger partial charge on any atom is -0.544 e. The Hall–Kier alpha value is -2.71. The summed E-state index contributed by atoms with van der Waals surface area (Å²) in [6.07, 6.45) is 43.2. The molecule has 0 heterocycles. The van der Waals surface area contributed by atoms with Crippen LogP contribution in [0.4, 0.5) is 0 Å². The molecular weight excluding hydrogens is 679 g/mol. The summed E-state index contributed by atoms with van der Waals surface area (Å²) in [5.74, 6) is -1.81. The number of quaternary nitrogens is 1. The van der Waals surface area contributed by atoms with Crippen LogP contribution in [-0.2, 0) is 28.6 Å². The maximum absolute atomic E-state index is 12.5. The van der Waals surface area contributed by atoms with Crippen LogP contribution in [0.1, 0.15) is 174 Å². The van der Waals surface area contributed by atoms with E-state index >= 15 is 0 Å². The number of carbonyl (C=O) groups excluding carboxylic acids is 3. The molecule has 0 aliphatic rings. The molecule has 2 unspecified atom stereocenters. The third kappa shape index (κ3) is 35.0. The molecule has 0 aromatic heterocycles. The summed E-state index contributed by atoms with van der Waals surface area (Å²) < 4.78 is 17.0. The molecule has 0 aromatic carbocycles. The van der Waals surface area contributed by atoms with Crippen LogP contribution < -0.4 is 5.11 Å². The molecule has 0 aromatic rings. The maximum Gasteiger partial charge on any atom is 0.306 e. The zero-order valence-electron chi connectivity index (χ0n) is 35.4. The smallest absolute Gasteiger partial charge is 0.306 e. The maximum atomic E-state index is 12.5. The minimum absolute atomic E-state index is 0.0248. The van der Waals surface area contributed by atoms with Crippen LogP contribution in [0.25, 0.3) is 0 Å². The molecule has 8 heteroatoms. The molecule has 0 saturated carbocycles. The quantitative estimate of drug-likeness (QED) is 0.0267.